The molecule has 3 N–H and O–H groups in total. The minimum Gasteiger partial charge on any atom is -0.464 e. The van der Waals surface area contributed by atoms with Gasteiger partial charge in [0.25, 0.3) is 5.69 Å². The Labute approximate surface area is 84.8 Å². The minimum absolute atomic E-state index is 0.113. The molecular formula is C8H9N3O4. The van der Waals surface area contributed by atoms with Gasteiger partial charge in [0.1, 0.15) is 5.69 Å². The summed E-state index contributed by atoms with van der Waals surface area (Å²) in [5, 5.41) is 18.9. The lowest BCUT2D eigenvalue weighted by atomic mass is 10.2. The molecule has 0 radical (unpaired) electrons. The number of aryl methyl sites for hydroxylation is 1. The number of hydrazine groups is 1. The quantitative estimate of drug-likeness (QED) is 0.519. The Bertz CT molecular complexity index is 405. The summed E-state index contributed by atoms with van der Waals surface area (Å²) in [6.45, 7) is 1.75. The summed E-state index contributed by atoms with van der Waals surface area (Å²) in [4.78, 5) is 20.2. The number of hydrogen-bond donors (Lipinski definition) is 3. The first-order valence-corrected chi connectivity index (χ1v) is 4.00. The fraction of sp³-hybridized carbons (Fsp3) is 0.125. The van der Waals surface area contributed by atoms with Crippen molar-refractivity contribution in [2.45, 2.75) is 6.92 Å². The zero-order valence-electron chi connectivity index (χ0n) is 7.85. The van der Waals surface area contributed by atoms with Crippen LogP contribution in [-0.2, 0) is 0 Å². The van der Waals surface area contributed by atoms with E-state index in [-0.39, 0.29) is 11.4 Å². The van der Waals surface area contributed by atoms with Gasteiger partial charge in [0, 0.05) is 6.07 Å². The summed E-state index contributed by atoms with van der Waals surface area (Å²) in [5.74, 6) is 0. The lowest BCUT2D eigenvalue weighted by Gasteiger charge is -2.06. The van der Waals surface area contributed by atoms with Gasteiger partial charge in [0.15, 0.2) is 0 Å². The Morgan fingerprint density at radius 3 is 2.73 bits per heavy atom. The molecular weight excluding hydrogens is 202 g/mol. The van der Waals surface area contributed by atoms with Crippen LogP contribution in [0.1, 0.15) is 5.56 Å². The van der Waals surface area contributed by atoms with E-state index < -0.39 is 11.0 Å². The Kier molecular flexibility index (Phi) is 3.06. The van der Waals surface area contributed by atoms with E-state index in [4.69, 9.17) is 5.11 Å². The molecule has 0 aliphatic carbocycles. The average molecular weight is 211 g/mol. The molecule has 7 nitrogen and oxygen atoms in total. The van der Waals surface area contributed by atoms with Gasteiger partial charge in [-0.1, -0.05) is 6.07 Å². The molecule has 0 saturated heterocycles. The van der Waals surface area contributed by atoms with Gasteiger partial charge < -0.3 is 5.11 Å². The molecule has 0 saturated carbocycles. The molecule has 15 heavy (non-hydrogen) atoms. The van der Waals surface area contributed by atoms with Crippen molar-refractivity contribution in [2.24, 2.45) is 0 Å². The molecule has 0 atom stereocenters. The fourth-order valence-corrected chi connectivity index (χ4v) is 1.03. The third-order valence-electron chi connectivity index (χ3n) is 1.65. The van der Waals surface area contributed by atoms with Crippen molar-refractivity contribution in [2.75, 3.05) is 5.43 Å². The number of amides is 1. The molecule has 0 aliphatic heterocycles. The van der Waals surface area contributed by atoms with Crippen molar-refractivity contribution in [1.29, 1.82) is 0 Å². The van der Waals surface area contributed by atoms with Gasteiger partial charge in [0.05, 0.1) is 4.92 Å². The molecule has 0 bridgehead atoms. The number of nitrogens with one attached hydrogen (secondary N) is 2. The number of rotatable bonds is 3. The summed E-state index contributed by atoms with van der Waals surface area (Å²) in [5.41, 5.74) is 4.80. The smallest absolute Gasteiger partial charge is 0.423 e. The Morgan fingerprint density at radius 2 is 2.20 bits per heavy atom. The highest BCUT2D eigenvalue weighted by atomic mass is 16.6. The molecule has 0 aliphatic rings. The lowest BCUT2D eigenvalue weighted by molar-refractivity contribution is -0.384. The molecule has 0 unspecified atom stereocenters. The van der Waals surface area contributed by atoms with Gasteiger partial charge in [-0.15, -0.1) is 0 Å². The van der Waals surface area contributed by atoms with Crippen LogP contribution in [0.5, 0.6) is 0 Å². The highest BCUT2D eigenvalue weighted by Gasteiger charge is 2.13. The van der Waals surface area contributed by atoms with E-state index >= 15 is 0 Å². The lowest BCUT2D eigenvalue weighted by Crippen LogP contribution is -2.27. The van der Waals surface area contributed by atoms with Crippen LogP contribution in [0, 0.1) is 17.0 Å². The number of nitrogens with zero attached hydrogens (tertiary/aromatic N) is 1. The summed E-state index contributed by atoms with van der Waals surface area (Å²) in [7, 11) is 0. The van der Waals surface area contributed by atoms with E-state index in [1.807, 2.05) is 5.43 Å². The van der Waals surface area contributed by atoms with Gasteiger partial charge >= 0.3 is 6.09 Å². The zero-order chi connectivity index (χ0) is 11.4. The molecule has 0 spiro atoms. The van der Waals surface area contributed by atoms with Crippen LogP contribution in [0.4, 0.5) is 16.2 Å². The van der Waals surface area contributed by atoms with Gasteiger partial charge in [-0.2, -0.15) is 0 Å². The average Bonchev–Trinajstić information content (AvgIpc) is 2.14. The molecule has 1 aromatic rings. The molecule has 0 heterocycles. The van der Waals surface area contributed by atoms with E-state index in [1.165, 1.54) is 12.1 Å². The monoisotopic (exact) mass is 211 g/mol. The van der Waals surface area contributed by atoms with Crippen LogP contribution in [0.25, 0.3) is 0 Å². The van der Waals surface area contributed by atoms with E-state index in [9.17, 15) is 14.9 Å². The zero-order valence-corrected chi connectivity index (χ0v) is 7.85. The molecule has 80 valence electrons. The first kappa shape index (κ1) is 10.8. The minimum atomic E-state index is -1.31. The van der Waals surface area contributed by atoms with Crippen molar-refractivity contribution in [3.8, 4) is 0 Å². The first-order valence-electron chi connectivity index (χ1n) is 4.00. The van der Waals surface area contributed by atoms with E-state index in [1.54, 1.807) is 13.0 Å². The SMILES string of the molecule is Cc1ccc([N+](=O)[O-])c(NNC(=O)O)c1. The molecule has 1 aromatic carbocycles. The van der Waals surface area contributed by atoms with Gasteiger partial charge in [-0.3, -0.25) is 15.5 Å². The third-order valence-corrected chi connectivity index (χ3v) is 1.65. The second kappa shape index (κ2) is 4.27. The molecule has 0 aromatic heterocycles. The highest BCUT2D eigenvalue weighted by molar-refractivity contribution is 5.70. The van der Waals surface area contributed by atoms with Crippen LogP contribution in [0.3, 0.4) is 0 Å². The molecule has 0 fully saturated rings. The molecule has 7 heteroatoms. The van der Waals surface area contributed by atoms with Crippen molar-refractivity contribution in [3.05, 3.63) is 33.9 Å². The van der Waals surface area contributed by atoms with Crippen LogP contribution in [0.15, 0.2) is 18.2 Å². The van der Waals surface area contributed by atoms with Crippen LogP contribution < -0.4 is 10.9 Å². The largest absolute Gasteiger partial charge is 0.464 e. The topological polar surface area (TPSA) is 105 Å². The predicted octanol–water partition coefficient (Wildman–Crippen LogP) is 1.50. The van der Waals surface area contributed by atoms with Crippen molar-refractivity contribution >= 4 is 17.5 Å². The number of carboxylic acid groups (broad SMARTS) is 1. The maximum Gasteiger partial charge on any atom is 0.423 e. The number of nitro groups is 1. The van der Waals surface area contributed by atoms with Crippen molar-refractivity contribution in [1.82, 2.24) is 5.43 Å². The normalized spacial score (nSPS) is 9.40. The maximum atomic E-state index is 10.6. The van der Waals surface area contributed by atoms with E-state index in [0.29, 0.717) is 0 Å². The standard InChI is InChI=1S/C8H9N3O4/c1-5-2-3-7(11(14)15)6(4-5)9-10-8(12)13/h2-4,9-10H,1H3,(H,12,13). The Morgan fingerprint density at radius 1 is 1.53 bits per heavy atom. The number of hydrogen-bond acceptors (Lipinski definition) is 4. The van der Waals surface area contributed by atoms with Crippen molar-refractivity contribution in [3.63, 3.8) is 0 Å². The first-order chi connectivity index (χ1) is 7.00. The number of anilines is 1. The van der Waals surface area contributed by atoms with Crippen LogP contribution in [-0.4, -0.2) is 16.1 Å². The van der Waals surface area contributed by atoms with Crippen LogP contribution >= 0.6 is 0 Å². The van der Waals surface area contributed by atoms with Crippen molar-refractivity contribution < 1.29 is 14.8 Å². The number of nitro benzene ring substituents is 1. The highest BCUT2D eigenvalue weighted by Crippen LogP contribution is 2.24. The molecule has 1 amide bonds. The summed E-state index contributed by atoms with van der Waals surface area (Å²) < 4.78 is 0. The van der Waals surface area contributed by atoms with E-state index in [2.05, 4.69) is 5.43 Å². The van der Waals surface area contributed by atoms with Crippen LogP contribution in [0.2, 0.25) is 0 Å². The molecule has 1 rings (SSSR count). The number of carbonyl (C=O) groups is 1. The van der Waals surface area contributed by atoms with Gasteiger partial charge in [-0.05, 0) is 18.6 Å². The predicted molar refractivity (Wildman–Crippen MR) is 52.6 cm³/mol. The second-order valence-electron chi connectivity index (χ2n) is 2.83. The second-order valence-corrected chi connectivity index (χ2v) is 2.83. The van der Waals surface area contributed by atoms with E-state index in [0.717, 1.165) is 5.56 Å². The van der Waals surface area contributed by atoms with Gasteiger partial charge in [0.2, 0.25) is 0 Å². The maximum absolute atomic E-state index is 10.6. The number of benzene rings is 1. The summed E-state index contributed by atoms with van der Waals surface area (Å²) in [6, 6.07) is 4.36. The fourth-order valence-electron chi connectivity index (χ4n) is 1.03. The summed E-state index contributed by atoms with van der Waals surface area (Å²) in [6.07, 6.45) is -1.31. The van der Waals surface area contributed by atoms with Gasteiger partial charge in [-0.25, -0.2) is 10.2 Å². The summed E-state index contributed by atoms with van der Waals surface area (Å²) >= 11 is 0. The Hall–Kier alpha value is -2.31. The third kappa shape index (κ3) is 2.83. The Balaban J connectivity index is 2.96.